The zero-order valence-electron chi connectivity index (χ0n) is 14.7. The normalized spacial score (nSPS) is 14.6. The maximum Gasteiger partial charge on any atom is 0.318 e. The fraction of sp³-hybridized carbons (Fsp3) is 0.421. The Kier molecular flexibility index (Phi) is 6.24. The van der Waals surface area contributed by atoms with E-state index in [2.05, 4.69) is 15.8 Å². The molecule has 3 rings (SSSR count). The molecule has 1 aliphatic rings. The Morgan fingerprint density at radius 2 is 1.88 bits per heavy atom. The maximum atomic E-state index is 12.8. The Labute approximate surface area is 152 Å². The van der Waals surface area contributed by atoms with Gasteiger partial charge in [-0.3, -0.25) is 4.79 Å². The Morgan fingerprint density at radius 3 is 2.58 bits per heavy atom. The van der Waals surface area contributed by atoms with Crippen LogP contribution in [0.2, 0.25) is 0 Å². The molecule has 0 atom stereocenters. The highest BCUT2D eigenvalue weighted by Crippen LogP contribution is 2.22. The summed E-state index contributed by atoms with van der Waals surface area (Å²) < 4.78 is 4.71. The minimum absolute atomic E-state index is 0.00184. The SMILES string of the molecule is O=C(CN(C(=O)NCc1ccccc1)C1CCCCC1)Nc1ccon1. The van der Waals surface area contributed by atoms with Gasteiger partial charge in [-0.1, -0.05) is 54.8 Å². The van der Waals surface area contributed by atoms with Gasteiger partial charge in [-0.25, -0.2) is 4.79 Å². The largest absolute Gasteiger partial charge is 0.363 e. The number of carbonyl (C=O) groups is 2. The molecule has 0 aliphatic heterocycles. The van der Waals surface area contributed by atoms with Crippen molar-refractivity contribution in [3.63, 3.8) is 0 Å². The molecule has 7 heteroatoms. The van der Waals surface area contributed by atoms with E-state index in [0.29, 0.717) is 12.4 Å². The van der Waals surface area contributed by atoms with Gasteiger partial charge in [-0.2, -0.15) is 0 Å². The van der Waals surface area contributed by atoms with E-state index in [1.807, 2.05) is 30.3 Å². The third kappa shape index (κ3) is 5.08. The average Bonchev–Trinajstić information content (AvgIpc) is 3.18. The quantitative estimate of drug-likeness (QED) is 0.832. The highest BCUT2D eigenvalue weighted by molar-refractivity contribution is 5.93. The topological polar surface area (TPSA) is 87.5 Å². The van der Waals surface area contributed by atoms with E-state index >= 15 is 0 Å². The van der Waals surface area contributed by atoms with Crippen LogP contribution in [-0.2, 0) is 11.3 Å². The molecule has 0 unspecified atom stereocenters. The van der Waals surface area contributed by atoms with Crippen molar-refractivity contribution in [3.8, 4) is 0 Å². The van der Waals surface area contributed by atoms with Gasteiger partial charge >= 0.3 is 6.03 Å². The molecule has 1 aromatic carbocycles. The van der Waals surface area contributed by atoms with Crippen molar-refractivity contribution in [3.05, 3.63) is 48.2 Å². The zero-order valence-corrected chi connectivity index (χ0v) is 14.7. The van der Waals surface area contributed by atoms with E-state index in [1.54, 1.807) is 11.0 Å². The van der Waals surface area contributed by atoms with Crippen molar-refractivity contribution < 1.29 is 14.1 Å². The Bertz CT molecular complexity index is 697. The molecule has 0 saturated heterocycles. The number of hydrogen-bond acceptors (Lipinski definition) is 4. The van der Waals surface area contributed by atoms with Crippen LogP contribution in [0.1, 0.15) is 37.7 Å². The third-order valence-corrected chi connectivity index (χ3v) is 4.58. The molecule has 7 nitrogen and oxygen atoms in total. The molecular formula is C19H24N4O3. The van der Waals surface area contributed by atoms with Crippen LogP contribution in [0.25, 0.3) is 0 Å². The molecule has 0 bridgehead atoms. The van der Waals surface area contributed by atoms with Gasteiger partial charge < -0.3 is 20.1 Å². The highest BCUT2D eigenvalue weighted by atomic mass is 16.5. The summed E-state index contributed by atoms with van der Waals surface area (Å²) >= 11 is 0. The van der Waals surface area contributed by atoms with E-state index in [0.717, 1.165) is 31.2 Å². The van der Waals surface area contributed by atoms with Crippen LogP contribution >= 0.6 is 0 Å². The Balaban J connectivity index is 1.61. The van der Waals surface area contributed by atoms with Crippen LogP contribution in [0, 0.1) is 0 Å². The van der Waals surface area contributed by atoms with Crippen molar-refractivity contribution in [2.45, 2.75) is 44.7 Å². The minimum atomic E-state index is -0.278. The van der Waals surface area contributed by atoms with Gasteiger partial charge in [0.25, 0.3) is 0 Å². The van der Waals surface area contributed by atoms with Crippen LogP contribution in [0.3, 0.4) is 0 Å². The van der Waals surface area contributed by atoms with Crippen molar-refractivity contribution in [2.24, 2.45) is 0 Å². The summed E-state index contributed by atoms with van der Waals surface area (Å²) in [7, 11) is 0. The Morgan fingerprint density at radius 1 is 1.12 bits per heavy atom. The van der Waals surface area contributed by atoms with Gasteiger partial charge in [0.05, 0.1) is 0 Å². The number of aromatic nitrogens is 1. The van der Waals surface area contributed by atoms with Crippen molar-refractivity contribution in [2.75, 3.05) is 11.9 Å². The van der Waals surface area contributed by atoms with Crippen LogP contribution in [0.4, 0.5) is 10.6 Å². The lowest BCUT2D eigenvalue weighted by Gasteiger charge is -2.33. The number of carbonyl (C=O) groups excluding carboxylic acids is 2. The number of hydrogen-bond donors (Lipinski definition) is 2. The molecule has 1 aromatic heterocycles. The molecule has 1 aliphatic carbocycles. The second kappa shape index (κ2) is 9.03. The standard InChI is InChI=1S/C19H24N4O3/c24-18(21-17-11-12-26-22-17)14-23(16-9-5-2-6-10-16)19(25)20-13-15-7-3-1-4-8-15/h1,3-4,7-8,11-12,16H,2,5-6,9-10,13-14H2,(H,20,25)(H,21,22,24). The molecule has 138 valence electrons. The van der Waals surface area contributed by atoms with Gasteiger partial charge in [-0.05, 0) is 18.4 Å². The van der Waals surface area contributed by atoms with Crippen molar-refractivity contribution >= 4 is 17.8 Å². The van der Waals surface area contributed by atoms with Gasteiger partial charge in [0, 0.05) is 18.7 Å². The lowest BCUT2D eigenvalue weighted by molar-refractivity contribution is -0.117. The lowest BCUT2D eigenvalue weighted by atomic mass is 9.94. The number of nitrogens with one attached hydrogen (secondary N) is 2. The molecule has 26 heavy (non-hydrogen) atoms. The summed E-state index contributed by atoms with van der Waals surface area (Å²) in [5.74, 6) is 0.0719. The summed E-state index contributed by atoms with van der Waals surface area (Å²) in [5.41, 5.74) is 1.02. The monoisotopic (exact) mass is 356 g/mol. The van der Waals surface area contributed by atoms with Gasteiger partial charge in [0.2, 0.25) is 5.91 Å². The number of rotatable bonds is 6. The fourth-order valence-electron chi connectivity index (χ4n) is 3.25. The summed E-state index contributed by atoms with van der Waals surface area (Å²) in [5, 5.41) is 9.26. The lowest BCUT2D eigenvalue weighted by Crippen LogP contribution is -2.49. The van der Waals surface area contributed by atoms with Gasteiger partial charge in [0.1, 0.15) is 12.8 Å². The first-order valence-corrected chi connectivity index (χ1v) is 9.01. The molecule has 1 heterocycles. The number of urea groups is 1. The maximum absolute atomic E-state index is 12.8. The van der Waals surface area contributed by atoms with Gasteiger partial charge in [0.15, 0.2) is 5.82 Å². The summed E-state index contributed by atoms with van der Waals surface area (Å²) in [6.07, 6.45) is 6.59. The second-order valence-corrected chi connectivity index (χ2v) is 6.50. The van der Waals surface area contributed by atoms with Crippen LogP contribution in [0.15, 0.2) is 47.2 Å². The first-order chi connectivity index (χ1) is 12.7. The summed E-state index contributed by atoms with van der Waals surface area (Å²) in [6.45, 7) is 0.436. The number of benzene rings is 1. The van der Waals surface area contributed by atoms with E-state index in [4.69, 9.17) is 4.52 Å². The summed E-state index contributed by atoms with van der Waals surface area (Å²) in [4.78, 5) is 26.7. The average molecular weight is 356 g/mol. The number of amides is 3. The van der Waals surface area contributed by atoms with E-state index in [9.17, 15) is 9.59 Å². The van der Waals surface area contributed by atoms with Crippen LogP contribution < -0.4 is 10.6 Å². The Hall–Kier alpha value is -2.83. The smallest absolute Gasteiger partial charge is 0.318 e. The molecule has 2 N–H and O–H groups in total. The first-order valence-electron chi connectivity index (χ1n) is 9.01. The minimum Gasteiger partial charge on any atom is -0.363 e. The molecule has 1 saturated carbocycles. The number of anilines is 1. The molecule has 0 radical (unpaired) electrons. The van der Waals surface area contributed by atoms with E-state index < -0.39 is 0 Å². The molecule has 1 fully saturated rings. The fourth-order valence-corrected chi connectivity index (χ4v) is 3.25. The highest BCUT2D eigenvalue weighted by Gasteiger charge is 2.27. The van der Waals surface area contributed by atoms with Crippen molar-refractivity contribution in [1.29, 1.82) is 0 Å². The van der Waals surface area contributed by atoms with Gasteiger partial charge in [-0.15, -0.1) is 0 Å². The predicted molar refractivity (Wildman–Crippen MR) is 97.4 cm³/mol. The predicted octanol–water partition coefficient (Wildman–Crippen LogP) is 3.16. The molecule has 0 spiro atoms. The van der Waals surface area contributed by atoms with Crippen molar-refractivity contribution in [1.82, 2.24) is 15.4 Å². The van der Waals surface area contributed by atoms with E-state index in [1.165, 1.54) is 12.7 Å². The van der Waals surface area contributed by atoms with Crippen LogP contribution in [0.5, 0.6) is 0 Å². The molecule has 3 amide bonds. The summed E-state index contributed by atoms with van der Waals surface area (Å²) in [6, 6.07) is 11.2. The second-order valence-electron chi connectivity index (χ2n) is 6.50. The zero-order chi connectivity index (χ0) is 18.2. The molecular weight excluding hydrogens is 332 g/mol. The number of nitrogens with zero attached hydrogens (tertiary/aromatic N) is 2. The van der Waals surface area contributed by atoms with E-state index in [-0.39, 0.29) is 24.5 Å². The molecule has 2 aromatic rings. The first kappa shape index (κ1) is 18.0. The van der Waals surface area contributed by atoms with Crippen LogP contribution in [-0.4, -0.2) is 34.6 Å². The third-order valence-electron chi connectivity index (χ3n) is 4.58.